The van der Waals surface area contributed by atoms with Gasteiger partial charge >= 0.3 is 0 Å². The summed E-state index contributed by atoms with van der Waals surface area (Å²) in [6, 6.07) is 0. The fourth-order valence-electron chi connectivity index (χ4n) is 0.437. The molecule has 0 spiro atoms. The Bertz CT molecular complexity index is 269. The van der Waals surface area contributed by atoms with Crippen LogP contribution >= 0.6 is 11.6 Å². The number of hydrogen-bond donors (Lipinski definition) is 1. The minimum Gasteiger partial charge on any atom is -0.297 e. The van der Waals surface area contributed by atoms with Crippen LogP contribution in [0.3, 0.4) is 0 Å². The van der Waals surface area contributed by atoms with Crippen LogP contribution in [0.2, 0.25) is 5.28 Å². The summed E-state index contributed by atoms with van der Waals surface area (Å²) in [5, 5.41) is 0.130. The van der Waals surface area contributed by atoms with E-state index in [-0.39, 0.29) is 10.8 Å². The predicted octanol–water partition coefficient (Wildman–Crippen LogP) is 1.76. The Balaban J connectivity index is 0.000000461. The van der Waals surface area contributed by atoms with Crippen molar-refractivity contribution in [3.8, 4) is 0 Å². The molecule has 0 radical (unpaired) electrons. The van der Waals surface area contributed by atoms with Gasteiger partial charge in [0.25, 0.3) is 5.56 Å². The van der Waals surface area contributed by atoms with Crippen LogP contribution in [0.1, 0.15) is 19.4 Å². The van der Waals surface area contributed by atoms with E-state index < -0.39 is 0 Å². The summed E-state index contributed by atoms with van der Waals surface area (Å²) < 4.78 is 0. The van der Waals surface area contributed by atoms with Crippen LogP contribution in [0.25, 0.3) is 0 Å². The Morgan fingerprint density at radius 2 is 2.09 bits per heavy atom. The van der Waals surface area contributed by atoms with Gasteiger partial charge < -0.3 is 0 Å². The minimum atomic E-state index is -0.185. The molecule has 3 nitrogen and oxygen atoms in total. The minimum absolute atomic E-state index is 0.130. The second-order valence-corrected chi connectivity index (χ2v) is 2.04. The number of aryl methyl sites for hydroxylation is 1. The summed E-state index contributed by atoms with van der Waals surface area (Å²) in [6.07, 6.45) is 1.43. The van der Waals surface area contributed by atoms with Gasteiger partial charge in [0.05, 0.1) is 0 Å². The van der Waals surface area contributed by atoms with Gasteiger partial charge in [-0.2, -0.15) is 0 Å². The highest BCUT2D eigenvalue weighted by Gasteiger charge is 1.91. The lowest BCUT2D eigenvalue weighted by molar-refractivity contribution is 1.08. The van der Waals surface area contributed by atoms with Gasteiger partial charge in [0, 0.05) is 11.8 Å². The molecule has 0 bridgehead atoms. The molecule has 0 aliphatic heterocycles. The van der Waals surface area contributed by atoms with Gasteiger partial charge in [0.1, 0.15) is 0 Å². The van der Waals surface area contributed by atoms with Crippen LogP contribution in [0, 0.1) is 6.92 Å². The highest BCUT2D eigenvalue weighted by molar-refractivity contribution is 6.28. The Hall–Kier alpha value is -0.830. The van der Waals surface area contributed by atoms with Gasteiger partial charge in [0.2, 0.25) is 5.28 Å². The van der Waals surface area contributed by atoms with Crippen molar-refractivity contribution in [3.63, 3.8) is 0 Å². The molecule has 1 heterocycles. The average molecular weight is 175 g/mol. The Morgan fingerprint density at radius 1 is 1.55 bits per heavy atom. The van der Waals surface area contributed by atoms with E-state index in [4.69, 9.17) is 11.6 Å². The first-order chi connectivity index (χ1) is 5.20. The lowest BCUT2D eigenvalue weighted by Crippen LogP contribution is -2.09. The molecular weight excluding hydrogens is 164 g/mol. The molecule has 1 aromatic rings. The summed E-state index contributed by atoms with van der Waals surface area (Å²) in [4.78, 5) is 16.6. The van der Waals surface area contributed by atoms with E-state index in [9.17, 15) is 4.79 Å². The van der Waals surface area contributed by atoms with E-state index in [1.165, 1.54) is 6.20 Å². The van der Waals surface area contributed by atoms with Crippen LogP contribution in [0.5, 0.6) is 0 Å². The molecule has 0 saturated carbocycles. The Kier molecular flexibility index (Phi) is 4.54. The molecule has 0 fully saturated rings. The predicted molar refractivity (Wildman–Crippen MR) is 46.0 cm³/mol. The van der Waals surface area contributed by atoms with E-state index >= 15 is 0 Å². The van der Waals surface area contributed by atoms with Crippen molar-refractivity contribution in [3.05, 3.63) is 27.4 Å². The third-order valence-corrected chi connectivity index (χ3v) is 1.14. The van der Waals surface area contributed by atoms with E-state index in [1.807, 2.05) is 13.8 Å². The molecule has 0 aliphatic rings. The molecule has 1 rings (SSSR count). The number of aromatic amines is 1. The molecule has 0 unspecified atom stereocenters. The van der Waals surface area contributed by atoms with Crippen molar-refractivity contribution in [2.24, 2.45) is 0 Å². The maximum absolute atomic E-state index is 10.7. The first-order valence-electron chi connectivity index (χ1n) is 3.41. The summed E-state index contributed by atoms with van der Waals surface area (Å²) in [5.41, 5.74) is 0.384. The number of halogens is 1. The Labute approximate surface area is 70.4 Å². The van der Waals surface area contributed by atoms with Crippen molar-refractivity contribution < 1.29 is 0 Å². The maximum atomic E-state index is 10.7. The maximum Gasteiger partial charge on any atom is 0.254 e. The first kappa shape index (κ1) is 10.2. The standard InChI is InChI=1S/C5H5ClN2O.C2H6/c1-3-2-7-5(6)8-4(3)9;1-2/h2H,1H3,(H,7,8,9);1-2H3. The van der Waals surface area contributed by atoms with Crippen molar-refractivity contribution in [2.45, 2.75) is 20.8 Å². The summed E-state index contributed by atoms with van der Waals surface area (Å²) in [7, 11) is 0. The molecule has 0 aliphatic carbocycles. The summed E-state index contributed by atoms with van der Waals surface area (Å²) in [6.45, 7) is 5.67. The van der Waals surface area contributed by atoms with E-state index in [2.05, 4.69) is 9.97 Å². The van der Waals surface area contributed by atoms with Crippen LogP contribution in [0.4, 0.5) is 0 Å². The SMILES string of the molecule is CC.Cc1cnc(Cl)[nH]c1=O. The van der Waals surface area contributed by atoms with Gasteiger partial charge in [-0.3, -0.25) is 9.78 Å². The number of H-pyrrole nitrogens is 1. The molecule has 62 valence electrons. The average Bonchev–Trinajstić information content (AvgIpc) is 2.02. The zero-order valence-corrected chi connectivity index (χ0v) is 7.57. The summed E-state index contributed by atoms with van der Waals surface area (Å²) >= 11 is 5.35. The van der Waals surface area contributed by atoms with Crippen LogP contribution in [-0.2, 0) is 0 Å². The van der Waals surface area contributed by atoms with Gasteiger partial charge in [-0.15, -0.1) is 0 Å². The quantitative estimate of drug-likeness (QED) is 0.610. The second-order valence-electron chi connectivity index (χ2n) is 1.69. The Morgan fingerprint density at radius 3 is 2.45 bits per heavy atom. The van der Waals surface area contributed by atoms with Crippen molar-refractivity contribution in [1.82, 2.24) is 9.97 Å². The van der Waals surface area contributed by atoms with Crippen LogP contribution in [0.15, 0.2) is 11.0 Å². The van der Waals surface area contributed by atoms with Gasteiger partial charge in [-0.25, -0.2) is 4.98 Å². The van der Waals surface area contributed by atoms with E-state index in [0.29, 0.717) is 5.56 Å². The van der Waals surface area contributed by atoms with Gasteiger partial charge in [0.15, 0.2) is 0 Å². The lowest BCUT2D eigenvalue weighted by Gasteiger charge is -1.88. The molecule has 0 atom stereocenters. The lowest BCUT2D eigenvalue weighted by atomic mass is 10.4. The third-order valence-electron chi connectivity index (χ3n) is 0.946. The van der Waals surface area contributed by atoms with E-state index in [1.54, 1.807) is 6.92 Å². The topological polar surface area (TPSA) is 45.8 Å². The number of hydrogen-bond acceptors (Lipinski definition) is 2. The first-order valence-corrected chi connectivity index (χ1v) is 3.79. The summed E-state index contributed by atoms with van der Waals surface area (Å²) in [5.74, 6) is 0. The molecular formula is C7H11ClN2O. The number of rotatable bonds is 0. The molecule has 0 saturated heterocycles. The smallest absolute Gasteiger partial charge is 0.254 e. The molecule has 0 amide bonds. The molecule has 1 aromatic heterocycles. The monoisotopic (exact) mass is 174 g/mol. The normalized spacial score (nSPS) is 8.36. The zero-order valence-electron chi connectivity index (χ0n) is 6.81. The van der Waals surface area contributed by atoms with Crippen molar-refractivity contribution in [1.29, 1.82) is 0 Å². The van der Waals surface area contributed by atoms with E-state index in [0.717, 1.165) is 0 Å². The van der Waals surface area contributed by atoms with Gasteiger partial charge in [-0.1, -0.05) is 13.8 Å². The highest BCUT2D eigenvalue weighted by atomic mass is 35.5. The fraction of sp³-hybridized carbons (Fsp3) is 0.429. The third kappa shape index (κ3) is 3.18. The van der Waals surface area contributed by atoms with Crippen molar-refractivity contribution >= 4 is 11.6 Å². The van der Waals surface area contributed by atoms with Crippen LogP contribution in [-0.4, -0.2) is 9.97 Å². The zero-order chi connectivity index (χ0) is 8.85. The number of aromatic nitrogens is 2. The number of nitrogens with zero attached hydrogens (tertiary/aromatic N) is 1. The number of nitrogens with one attached hydrogen (secondary N) is 1. The second kappa shape index (κ2) is 4.91. The molecule has 11 heavy (non-hydrogen) atoms. The fourth-order valence-corrected chi connectivity index (χ4v) is 0.571. The highest BCUT2D eigenvalue weighted by Crippen LogP contribution is 1.92. The van der Waals surface area contributed by atoms with Gasteiger partial charge in [-0.05, 0) is 18.5 Å². The largest absolute Gasteiger partial charge is 0.297 e. The molecule has 0 aromatic carbocycles. The van der Waals surface area contributed by atoms with Crippen LogP contribution < -0.4 is 5.56 Å². The van der Waals surface area contributed by atoms with Crippen molar-refractivity contribution in [2.75, 3.05) is 0 Å². The molecule has 1 N–H and O–H groups in total. The molecule has 4 heteroatoms.